The van der Waals surface area contributed by atoms with E-state index < -0.39 is 0 Å². The van der Waals surface area contributed by atoms with Gasteiger partial charge in [-0.25, -0.2) is 0 Å². The Labute approximate surface area is 274 Å². The van der Waals surface area contributed by atoms with Crippen molar-refractivity contribution in [2.75, 3.05) is 6.54 Å². The van der Waals surface area contributed by atoms with Crippen LogP contribution in [0.2, 0.25) is 5.82 Å². The van der Waals surface area contributed by atoms with E-state index in [0.29, 0.717) is 5.96 Å². The van der Waals surface area contributed by atoms with E-state index >= 15 is 0 Å². The molecule has 2 unspecified atom stereocenters. The molecule has 0 bridgehead atoms. The van der Waals surface area contributed by atoms with E-state index in [1.165, 1.54) is 38.5 Å². The van der Waals surface area contributed by atoms with Crippen LogP contribution in [0.1, 0.15) is 155 Å². The molecule has 0 spiro atoms. The molecule has 0 aliphatic carbocycles. The Balaban J connectivity index is 2.07. The number of rotatable bonds is 11. The van der Waals surface area contributed by atoms with Gasteiger partial charge in [-0.2, -0.15) is 4.99 Å². The zero-order valence-corrected chi connectivity index (χ0v) is 31.9. The third kappa shape index (κ3) is 11.8. The zero-order valence-electron chi connectivity index (χ0n) is 31.9. The molecule has 2 saturated heterocycles. The number of hydrogen-bond acceptors (Lipinski definition) is 3. The van der Waals surface area contributed by atoms with Crippen LogP contribution in [0.4, 0.5) is 0 Å². The fraction of sp³-hybridized carbons (Fsp3) is 0.944. The average Bonchev–Trinajstić information content (AvgIpc) is 2.74. The minimum absolute atomic E-state index is 0.00849. The molecule has 0 amide bonds. The van der Waals surface area contributed by atoms with Crippen LogP contribution >= 0.6 is 0 Å². The molecule has 2 atom stereocenters. The van der Waals surface area contributed by atoms with Gasteiger partial charge in [0.05, 0.1) is 0 Å². The molecule has 0 aromatic heterocycles. The molecular weight excluding hydrogens is 541 g/mol. The smallest absolute Gasteiger partial charge is 0.218 e. The number of hydrogen-bond donors (Lipinski definition) is 5. The highest BCUT2D eigenvalue weighted by Gasteiger charge is 2.42. The lowest BCUT2D eigenvalue weighted by molar-refractivity contribution is 0.0866. The van der Waals surface area contributed by atoms with Crippen molar-refractivity contribution in [2.45, 2.75) is 194 Å². The number of nitrogens with one attached hydrogen (secondary N) is 4. The molecular formula is C36H74BN7. The lowest BCUT2D eigenvalue weighted by Gasteiger charge is -2.50. The van der Waals surface area contributed by atoms with Gasteiger partial charge in [0, 0.05) is 40.3 Å². The normalized spacial score (nSPS) is 24.0. The zero-order chi connectivity index (χ0) is 33.9. The molecule has 0 radical (unpaired) electrons. The Kier molecular flexibility index (Phi) is 12.6. The fourth-order valence-electron chi connectivity index (χ4n) is 8.50. The summed E-state index contributed by atoms with van der Waals surface area (Å²) in [5, 5.41) is 19.7. The van der Waals surface area contributed by atoms with Gasteiger partial charge in [-0.3, -0.25) is 5.41 Å². The van der Waals surface area contributed by atoms with E-state index in [2.05, 4.69) is 131 Å². The highest BCUT2D eigenvalue weighted by atomic mass is 15.3. The summed E-state index contributed by atoms with van der Waals surface area (Å²) >= 11 is 0. The standard InChI is InChI=1S/C36H74BN7/c1-25(37)28(26-21-32(5,6)42-33(7,8)22-26)19-17-15-16-18-20-44(27-23-34(9,10)43-35(11,12)24-27)30(39)40-29(38)41-36(13,14)31(2,3)4/h25-28,42-43H,15-24,37H2,1-14H3,(H4,38,39,40,41). The second-order valence-corrected chi connectivity index (χ2v) is 19.1. The van der Waals surface area contributed by atoms with Crippen LogP contribution in [0.5, 0.6) is 0 Å². The molecule has 2 heterocycles. The van der Waals surface area contributed by atoms with Crippen molar-refractivity contribution < 1.29 is 0 Å². The number of piperidine rings is 2. The highest BCUT2D eigenvalue weighted by molar-refractivity contribution is 6.11. The van der Waals surface area contributed by atoms with E-state index in [-0.39, 0.29) is 45.1 Å². The van der Waals surface area contributed by atoms with Gasteiger partial charge in [0.25, 0.3) is 0 Å². The summed E-state index contributed by atoms with van der Waals surface area (Å²) in [6.45, 7) is 32.8. The minimum atomic E-state index is -0.287. The Bertz CT molecular complexity index is 941. The maximum Gasteiger partial charge on any atom is 0.218 e. The second kappa shape index (κ2) is 14.2. The van der Waals surface area contributed by atoms with Crippen molar-refractivity contribution >= 4 is 19.8 Å². The van der Waals surface area contributed by atoms with Gasteiger partial charge >= 0.3 is 0 Å². The van der Waals surface area contributed by atoms with Gasteiger partial charge in [0.15, 0.2) is 5.96 Å². The molecule has 0 aromatic carbocycles. The molecule has 2 rings (SSSR count). The van der Waals surface area contributed by atoms with Gasteiger partial charge in [-0.1, -0.05) is 59.2 Å². The molecule has 44 heavy (non-hydrogen) atoms. The summed E-state index contributed by atoms with van der Waals surface area (Å²) < 4.78 is 0. The van der Waals surface area contributed by atoms with Crippen molar-refractivity contribution in [2.24, 2.45) is 28.0 Å². The summed E-state index contributed by atoms with van der Waals surface area (Å²) in [5.74, 6) is 2.90. The number of aliphatic imine (C=N–C) groups is 1. The third-order valence-corrected chi connectivity index (χ3v) is 10.8. The first kappa shape index (κ1) is 38.9. The lowest BCUT2D eigenvalue weighted by Crippen LogP contribution is -2.63. The Morgan fingerprint density at radius 3 is 1.77 bits per heavy atom. The molecule has 0 aromatic rings. The summed E-state index contributed by atoms with van der Waals surface area (Å²) in [6.07, 6.45) is 10.7. The van der Waals surface area contributed by atoms with Gasteiger partial charge in [-0.05, 0) is 119 Å². The summed E-state index contributed by atoms with van der Waals surface area (Å²) in [6, 6.07) is 0.283. The molecule has 2 aliphatic rings. The van der Waals surface area contributed by atoms with Gasteiger partial charge in [0.2, 0.25) is 5.96 Å². The van der Waals surface area contributed by atoms with Crippen LogP contribution in [0.3, 0.4) is 0 Å². The van der Waals surface area contributed by atoms with Crippen LogP contribution in [0.25, 0.3) is 0 Å². The van der Waals surface area contributed by atoms with Gasteiger partial charge in [-0.15, -0.1) is 0 Å². The van der Waals surface area contributed by atoms with Crippen molar-refractivity contribution in [3.05, 3.63) is 0 Å². The number of unbranched alkanes of at least 4 members (excludes halogenated alkanes) is 3. The van der Waals surface area contributed by atoms with E-state index in [1.807, 2.05) is 0 Å². The maximum atomic E-state index is 8.67. The second-order valence-electron chi connectivity index (χ2n) is 19.1. The maximum absolute atomic E-state index is 8.67. The van der Waals surface area contributed by atoms with E-state index in [9.17, 15) is 0 Å². The van der Waals surface area contributed by atoms with E-state index in [1.54, 1.807) is 0 Å². The molecule has 8 heteroatoms. The summed E-state index contributed by atoms with van der Waals surface area (Å²) in [4.78, 5) is 6.97. The predicted octanol–water partition coefficient (Wildman–Crippen LogP) is 6.83. The van der Waals surface area contributed by atoms with Crippen molar-refractivity contribution in [1.29, 1.82) is 5.41 Å². The first-order valence-electron chi connectivity index (χ1n) is 17.8. The van der Waals surface area contributed by atoms with Crippen LogP contribution in [0, 0.1) is 22.7 Å². The minimum Gasteiger partial charge on any atom is -0.369 e. The predicted molar refractivity (Wildman–Crippen MR) is 196 cm³/mol. The van der Waals surface area contributed by atoms with Crippen molar-refractivity contribution in [3.8, 4) is 0 Å². The van der Waals surface area contributed by atoms with Crippen LogP contribution < -0.4 is 21.7 Å². The lowest BCUT2D eigenvalue weighted by atomic mass is 9.62. The fourth-order valence-corrected chi connectivity index (χ4v) is 8.50. The molecule has 256 valence electrons. The number of guanidine groups is 2. The average molecular weight is 616 g/mol. The SMILES string of the molecule is BC(C)C(CCCCCCN(/C(N)=N/C(=N)NC(C)(C)C(C)(C)C)C1CC(C)(C)NC(C)(C)C1)C1CC(C)(C)NC(C)(C)C1. The van der Waals surface area contributed by atoms with E-state index in [0.717, 1.165) is 43.5 Å². The monoisotopic (exact) mass is 616 g/mol. The quantitative estimate of drug-likeness (QED) is 0.0760. The van der Waals surface area contributed by atoms with Gasteiger partial charge < -0.3 is 26.6 Å². The number of nitrogens with two attached hydrogens (primary N) is 1. The van der Waals surface area contributed by atoms with Crippen LogP contribution in [0.15, 0.2) is 4.99 Å². The Morgan fingerprint density at radius 2 is 1.32 bits per heavy atom. The first-order chi connectivity index (χ1) is 19.7. The van der Waals surface area contributed by atoms with Crippen molar-refractivity contribution in [1.82, 2.24) is 20.9 Å². The topological polar surface area (TPSA) is 102 Å². The van der Waals surface area contributed by atoms with Crippen molar-refractivity contribution in [3.63, 3.8) is 0 Å². The third-order valence-electron chi connectivity index (χ3n) is 10.8. The first-order valence-corrected chi connectivity index (χ1v) is 17.8. The Morgan fingerprint density at radius 1 is 0.864 bits per heavy atom. The molecule has 0 saturated carbocycles. The molecule has 6 N–H and O–H groups in total. The molecule has 7 nitrogen and oxygen atoms in total. The highest BCUT2D eigenvalue weighted by Crippen LogP contribution is 2.42. The van der Waals surface area contributed by atoms with Crippen LogP contribution in [-0.2, 0) is 0 Å². The number of nitrogens with zero attached hydrogens (tertiary/aromatic N) is 2. The molecule has 2 fully saturated rings. The summed E-state index contributed by atoms with van der Waals surface area (Å²) in [5.41, 5.74) is 6.88. The van der Waals surface area contributed by atoms with Crippen LogP contribution in [-0.4, -0.2) is 64.9 Å². The van der Waals surface area contributed by atoms with Gasteiger partial charge in [0.1, 0.15) is 7.85 Å². The Hall–Kier alpha value is -1.28. The van der Waals surface area contributed by atoms with E-state index in [4.69, 9.17) is 11.1 Å². The summed E-state index contributed by atoms with van der Waals surface area (Å²) in [7, 11) is 2.43. The molecule has 2 aliphatic heterocycles. The largest absolute Gasteiger partial charge is 0.369 e.